The quantitative estimate of drug-likeness (QED) is 0.795. The number of rotatable bonds is 6. The lowest BCUT2D eigenvalue weighted by molar-refractivity contribution is 0.0793. The lowest BCUT2D eigenvalue weighted by Gasteiger charge is -2.17. The molecule has 122 valence electrons. The van der Waals surface area contributed by atoms with Gasteiger partial charge in [-0.25, -0.2) is 4.98 Å². The van der Waals surface area contributed by atoms with E-state index in [-0.39, 0.29) is 5.91 Å². The third-order valence-corrected chi connectivity index (χ3v) is 3.77. The molecule has 6 heteroatoms. The molecule has 2 aromatic rings. The molecule has 0 aliphatic rings. The van der Waals surface area contributed by atoms with Crippen LogP contribution in [0.3, 0.4) is 0 Å². The Morgan fingerprint density at radius 3 is 2.57 bits per heavy atom. The van der Waals surface area contributed by atoms with E-state index < -0.39 is 0 Å². The van der Waals surface area contributed by atoms with Crippen LogP contribution in [0.15, 0.2) is 36.5 Å². The number of nitrogens with zero attached hydrogens (tertiary/aromatic N) is 2. The highest BCUT2D eigenvalue weighted by atomic mass is 35.5. The third-order valence-electron chi connectivity index (χ3n) is 3.34. The number of halogens is 2. The van der Waals surface area contributed by atoms with Crippen LogP contribution in [0.5, 0.6) is 0 Å². The van der Waals surface area contributed by atoms with E-state index >= 15 is 0 Å². The van der Waals surface area contributed by atoms with Crippen molar-refractivity contribution in [3.63, 3.8) is 0 Å². The number of anilines is 2. The van der Waals surface area contributed by atoms with Crippen LogP contribution in [-0.4, -0.2) is 29.4 Å². The highest BCUT2D eigenvalue weighted by Gasteiger charge is 2.12. The molecule has 0 unspecified atom stereocenters. The number of benzene rings is 1. The molecule has 1 heterocycles. The Balaban J connectivity index is 2.14. The lowest BCUT2D eigenvalue weighted by Crippen LogP contribution is -2.27. The van der Waals surface area contributed by atoms with Crippen molar-refractivity contribution in [1.29, 1.82) is 0 Å². The standard InChI is InChI=1S/C17H19Cl2N3O/c1-3-4-7-22(2)17(23)12-5-6-20-16(8-12)21-15-10-13(18)9-14(19)11-15/h5-6,8-11H,3-4,7H2,1-2H3,(H,20,21). The number of pyridine rings is 1. The van der Waals surface area contributed by atoms with E-state index in [1.807, 2.05) is 7.05 Å². The van der Waals surface area contributed by atoms with E-state index in [1.165, 1.54) is 0 Å². The topological polar surface area (TPSA) is 45.2 Å². The number of hydrogen-bond acceptors (Lipinski definition) is 3. The van der Waals surface area contributed by atoms with E-state index in [0.717, 1.165) is 25.1 Å². The molecule has 0 atom stereocenters. The van der Waals surface area contributed by atoms with Crippen LogP contribution in [0.25, 0.3) is 0 Å². The summed E-state index contributed by atoms with van der Waals surface area (Å²) in [6, 6.07) is 8.58. The maximum atomic E-state index is 12.4. The molecule has 0 fully saturated rings. The molecule has 4 nitrogen and oxygen atoms in total. The summed E-state index contributed by atoms with van der Waals surface area (Å²) < 4.78 is 0. The molecule has 0 radical (unpaired) electrons. The Bertz CT molecular complexity index is 671. The van der Waals surface area contributed by atoms with Gasteiger partial charge in [0, 0.05) is 41.1 Å². The Hall–Kier alpha value is -1.78. The minimum Gasteiger partial charge on any atom is -0.342 e. The second kappa shape index (κ2) is 8.18. The Morgan fingerprint density at radius 1 is 1.22 bits per heavy atom. The van der Waals surface area contributed by atoms with Crippen molar-refractivity contribution in [3.8, 4) is 0 Å². The zero-order valence-electron chi connectivity index (χ0n) is 13.1. The summed E-state index contributed by atoms with van der Waals surface area (Å²) in [5.74, 6) is 0.547. The first kappa shape index (κ1) is 17.6. The molecule has 0 aliphatic carbocycles. The van der Waals surface area contributed by atoms with Crippen molar-refractivity contribution in [2.24, 2.45) is 0 Å². The van der Waals surface area contributed by atoms with Gasteiger partial charge >= 0.3 is 0 Å². The summed E-state index contributed by atoms with van der Waals surface area (Å²) in [7, 11) is 1.81. The predicted octanol–water partition coefficient (Wildman–Crippen LogP) is 5.00. The van der Waals surface area contributed by atoms with Gasteiger partial charge in [-0.05, 0) is 36.8 Å². The molecule has 1 aromatic heterocycles. The van der Waals surface area contributed by atoms with Crippen molar-refractivity contribution >= 4 is 40.6 Å². The fourth-order valence-corrected chi connectivity index (χ4v) is 2.65. The Labute approximate surface area is 146 Å². The van der Waals surface area contributed by atoms with Crippen LogP contribution in [0.1, 0.15) is 30.1 Å². The van der Waals surface area contributed by atoms with E-state index in [2.05, 4.69) is 17.2 Å². The first-order chi connectivity index (χ1) is 11.0. The summed E-state index contributed by atoms with van der Waals surface area (Å²) in [6.45, 7) is 2.84. The van der Waals surface area contributed by atoms with E-state index in [1.54, 1.807) is 41.4 Å². The zero-order chi connectivity index (χ0) is 16.8. The number of carbonyl (C=O) groups is 1. The normalized spacial score (nSPS) is 10.4. The largest absolute Gasteiger partial charge is 0.342 e. The van der Waals surface area contributed by atoms with Crippen LogP contribution in [0, 0.1) is 0 Å². The van der Waals surface area contributed by atoms with Gasteiger partial charge in [0.1, 0.15) is 5.82 Å². The van der Waals surface area contributed by atoms with Crippen LogP contribution < -0.4 is 5.32 Å². The molecule has 1 N–H and O–H groups in total. The van der Waals surface area contributed by atoms with E-state index in [9.17, 15) is 4.79 Å². The SMILES string of the molecule is CCCCN(C)C(=O)c1ccnc(Nc2cc(Cl)cc(Cl)c2)c1. The number of amides is 1. The van der Waals surface area contributed by atoms with Gasteiger partial charge in [-0.3, -0.25) is 4.79 Å². The highest BCUT2D eigenvalue weighted by Crippen LogP contribution is 2.25. The molecule has 0 aliphatic heterocycles. The second-order valence-corrected chi connectivity index (χ2v) is 6.17. The molecule has 1 aromatic carbocycles. The van der Waals surface area contributed by atoms with Gasteiger partial charge in [0.2, 0.25) is 0 Å². The molecule has 0 saturated heterocycles. The number of hydrogen-bond donors (Lipinski definition) is 1. The van der Waals surface area contributed by atoms with Crippen molar-refractivity contribution in [3.05, 3.63) is 52.1 Å². The Morgan fingerprint density at radius 2 is 1.91 bits per heavy atom. The smallest absolute Gasteiger partial charge is 0.253 e. The first-order valence-corrected chi connectivity index (χ1v) is 8.20. The van der Waals surface area contributed by atoms with Crippen molar-refractivity contribution in [2.45, 2.75) is 19.8 Å². The van der Waals surface area contributed by atoms with Crippen molar-refractivity contribution in [1.82, 2.24) is 9.88 Å². The highest BCUT2D eigenvalue weighted by molar-refractivity contribution is 6.35. The number of carbonyl (C=O) groups excluding carboxylic acids is 1. The molecule has 0 spiro atoms. The van der Waals surface area contributed by atoms with Crippen LogP contribution in [-0.2, 0) is 0 Å². The maximum absolute atomic E-state index is 12.4. The number of unbranched alkanes of at least 4 members (excludes halogenated alkanes) is 1. The number of nitrogens with one attached hydrogen (secondary N) is 1. The predicted molar refractivity (Wildman–Crippen MR) is 95.9 cm³/mol. The molecule has 0 bridgehead atoms. The van der Waals surface area contributed by atoms with Crippen LogP contribution in [0.2, 0.25) is 10.0 Å². The maximum Gasteiger partial charge on any atom is 0.253 e. The van der Waals surface area contributed by atoms with Gasteiger partial charge < -0.3 is 10.2 Å². The molecular formula is C17H19Cl2N3O. The molecule has 23 heavy (non-hydrogen) atoms. The van der Waals surface area contributed by atoms with E-state index in [4.69, 9.17) is 23.2 Å². The van der Waals surface area contributed by atoms with Crippen molar-refractivity contribution < 1.29 is 4.79 Å². The first-order valence-electron chi connectivity index (χ1n) is 7.44. The monoisotopic (exact) mass is 351 g/mol. The van der Waals surface area contributed by atoms with Crippen LogP contribution in [0.4, 0.5) is 11.5 Å². The van der Waals surface area contributed by atoms with Gasteiger partial charge in [-0.1, -0.05) is 36.5 Å². The van der Waals surface area contributed by atoms with Gasteiger partial charge in [-0.2, -0.15) is 0 Å². The van der Waals surface area contributed by atoms with Crippen molar-refractivity contribution in [2.75, 3.05) is 18.9 Å². The van der Waals surface area contributed by atoms with Gasteiger partial charge in [0.15, 0.2) is 0 Å². The van der Waals surface area contributed by atoms with Gasteiger partial charge in [0.05, 0.1) is 0 Å². The molecule has 1 amide bonds. The average Bonchev–Trinajstić information content (AvgIpc) is 2.51. The molecule has 0 saturated carbocycles. The third kappa shape index (κ3) is 5.12. The Kier molecular flexibility index (Phi) is 6.25. The summed E-state index contributed by atoms with van der Waals surface area (Å²) in [5, 5.41) is 4.18. The minimum absolute atomic E-state index is 0.0203. The second-order valence-electron chi connectivity index (χ2n) is 5.29. The lowest BCUT2D eigenvalue weighted by atomic mass is 10.2. The minimum atomic E-state index is -0.0203. The fraction of sp³-hybridized carbons (Fsp3) is 0.294. The summed E-state index contributed by atoms with van der Waals surface area (Å²) in [6.07, 6.45) is 3.64. The van der Waals surface area contributed by atoms with E-state index in [0.29, 0.717) is 21.4 Å². The summed E-state index contributed by atoms with van der Waals surface area (Å²) in [5.41, 5.74) is 1.31. The van der Waals surface area contributed by atoms with Gasteiger partial charge in [0.25, 0.3) is 5.91 Å². The average molecular weight is 352 g/mol. The summed E-state index contributed by atoms with van der Waals surface area (Å²) in [4.78, 5) is 18.3. The molecular weight excluding hydrogens is 333 g/mol. The number of aromatic nitrogens is 1. The van der Waals surface area contributed by atoms with Gasteiger partial charge in [-0.15, -0.1) is 0 Å². The fourth-order valence-electron chi connectivity index (χ4n) is 2.12. The molecule has 2 rings (SSSR count). The van der Waals surface area contributed by atoms with Crippen LogP contribution >= 0.6 is 23.2 Å². The summed E-state index contributed by atoms with van der Waals surface area (Å²) >= 11 is 12.0. The zero-order valence-corrected chi connectivity index (χ0v) is 14.7.